The third-order valence-electron chi connectivity index (χ3n) is 5.34. The van der Waals surface area contributed by atoms with Crippen LogP contribution < -0.4 is 5.73 Å². The summed E-state index contributed by atoms with van der Waals surface area (Å²) in [6, 6.07) is 0. The lowest BCUT2D eigenvalue weighted by molar-refractivity contribution is -0.0957. The maximum absolute atomic E-state index is 6.29. The van der Waals surface area contributed by atoms with Gasteiger partial charge < -0.3 is 15.0 Å². The average Bonchev–Trinajstić information content (AvgIpc) is 2.90. The number of aromatic nitrogens is 2. The van der Waals surface area contributed by atoms with E-state index < -0.39 is 5.54 Å². The predicted octanol–water partition coefficient (Wildman–Crippen LogP) is 3.24. The van der Waals surface area contributed by atoms with Crippen LogP contribution in [-0.4, -0.2) is 16.7 Å². The summed E-state index contributed by atoms with van der Waals surface area (Å²) < 4.78 is 11.6. The van der Waals surface area contributed by atoms with Crippen molar-refractivity contribution < 1.29 is 9.26 Å². The monoisotopic (exact) mass is 293 g/mol. The lowest BCUT2D eigenvalue weighted by Gasteiger charge is -2.41. The summed E-state index contributed by atoms with van der Waals surface area (Å²) in [7, 11) is 0. The SMILES string of the molecule is CCOC1(c2noc(C3(N)CCC3)n2)CCC(C)(C)CC1. The van der Waals surface area contributed by atoms with Crippen LogP contribution in [0.2, 0.25) is 0 Å². The summed E-state index contributed by atoms with van der Waals surface area (Å²) in [5.41, 5.74) is 5.88. The van der Waals surface area contributed by atoms with Gasteiger partial charge in [-0.1, -0.05) is 19.0 Å². The first kappa shape index (κ1) is 15.0. The largest absolute Gasteiger partial charge is 0.367 e. The van der Waals surface area contributed by atoms with E-state index in [4.69, 9.17) is 15.0 Å². The third kappa shape index (κ3) is 2.61. The number of hydrogen-bond acceptors (Lipinski definition) is 5. The van der Waals surface area contributed by atoms with Crippen LogP contribution in [0.1, 0.15) is 77.4 Å². The maximum Gasteiger partial charge on any atom is 0.246 e. The van der Waals surface area contributed by atoms with Crippen molar-refractivity contribution in [3.63, 3.8) is 0 Å². The Bertz CT molecular complexity index is 495. The molecule has 2 fully saturated rings. The van der Waals surface area contributed by atoms with Gasteiger partial charge in [0, 0.05) is 6.61 Å². The zero-order chi connectivity index (χ0) is 15.1. The fourth-order valence-corrected chi connectivity index (χ4v) is 3.42. The van der Waals surface area contributed by atoms with Crippen molar-refractivity contribution in [1.29, 1.82) is 0 Å². The predicted molar refractivity (Wildman–Crippen MR) is 79.6 cm³/mol. The minimum Gasteiger partial charge on any atom is -0.367 e. The van der Waals surface area contributed by atoms with E-state index in [0.717, 1.165) is 44.9 Å². The van der Waals surface area contributed by atoms with Gasteiger partial charge in [0.15, 0.2) is 0 Å². The van der Waals surface area contributed by atoms with Crippen LogP contribution in [0, 0.1) is 5.41 Å². The standard InChI is InChI=1S/C16H27N3O2/c1-4-20-16(10-8-14(2,3)9-11-16)12-18-13(21-19-12)15(17)6-5-7-15/h4-11,17H2,1-3H3. The molecule has 0 amide bonds. The Kier molecular flexibility index (Phi) is 3.61. The minimum absolute atomic E-state index is 0.371. The van der Waals surface area contributed by atoms with E-state index in [1.165, 1.54) is 0 Å². The average molecular weight is 293 g/mol. The highest BCUT2D eigenvalue weighted by molar-refractivity contribution is 5.11. The number of rotatable bonds is 4. The molecule has 0 atom stereocenters. The fraction of sp³-hybridized carbons (Fsp3) is 0.875. The molecule has 0 spiro atoms. The molecular weight excluding hydrogens is 266 g/mol. The summed E-state index contributed by atoms with van der Waals surface area (Å²) >= 11 is 0. The van der Waals surface area contributed by atoms with Gasteiger partial charge in [0.25, 0.3) is 0 Å². The summed E-state index contributed by atoms with van der Waals surface area (Å²) in [4.78, 5) is 4.64. The second-order valence-electron chi connectivity index (χ2n) is 7.52. The van der Waals surface area contributed by atoms with Crippen LogP contribution >= 0.6 is 0 Å². The molecule has 0 aliphatic heterocycles. The zero-order valence-corrected chi connectivity index (χ0v) is 13.4. The third-order valence-corrected chi connectivity index (χ3v) is 5.34. The molecule has 2 aliphatic rings. The second-order valence-corrected chi connectivity index (χ2v) is 7.52. The van der Waals surface area contributed by atoms with E-state index >= 15 is 0 Å². The van der Waals surface area contributed by atoms with E-state index in [-0.39, 0.29) is 5.60 Å². The van der Waals surface area contributed by atoms with Gasteiger partial charge >= 0.3 is 0 Å². The highest BCUT2D eigenvalue weighted by Gasteiger charge is 2.46. The first-order valence-electron chi connectivity index (χ1n) is 8.17. The first-order valence-corrected chi connectivity index (χ1v) is 8.17. The van der Waals surface area contributed by atoms with Crippen molar-refractivity contribution in [1.82, 2.24) is 10.1 Å². The molecule has 0 aromatic carbocycles. The van der Waals surface area contributed by atoms with Gasteiger partial charge in [-0.3, -0.25) is 0 Å². The van der Waals surface area contributed by atoms with Gasteiger partial charge in [0.1, 0.15) is 5.60 Å². The normalized spacial score (nSPS) is 26.3. The van der Waals surface area contributed by atoms with Crippen molar-refractivity contribution in [2.75, 3.05) is 6.61 Å². The molecule has 2 saturated carbocycles. The van der Waals surface area contributed by atoms with Gasteiger partial charge in [-0.2, -0.15) is 4.98 Å². The van der Waals surface area contributed by atoms with E-state index in [1.54, 1.807) is 0 Å². The van der Waals surface area contributed by atoms with Crippen molar-refractivity contribution in [2.45, 2.75) is 76.9 Å². The van der Waals surface area contributed by atoms with Crippen molar-refractivity contribution >= 4 is 0 Å². The van der Waals surface area contributed by atoms with Crippen molar-refractivity contribution in [2.24, 2.45) is 11.1 Å². The molecule has 0 unspecified atom stereocenters. The van der Waals surface area contributed by atoms with E-state index in [9.17, 15) is 0 Å². The summed E-state index contributed by atoms with van der Waals surface area (Å²) in [6.07, 6.45) is 7.13. The Hall–Kier alpha value is -0.940. The molecule has 1 aromatic heterocycles. The maximum atomic E-state index is 6.29. The summed E-state index contributed by atoms with van der Waals surface area (Å²) in [6.45, 7) is 7.32. The number of nitrogens with zero attached hydrogens (tertiary/aromatic N) is 2. The number of hydrogen-bond donors (Lipinski definition) is 1. The lowest BCUT2D eigenvalue weighted by atomic mass is 9.70. The molecule has 5 nitrogen and oxygen atoms in total. The number of nitrogens with two attached hydrogens (primary N) is 1. The van der Waals surface area contributed by atoms with Crippen LogP contribution in [0.25, 0.3) is 0 Å². The molecule has 2 aliphatic carbocycles. The molecule has 0 bridgehead atoms. The molecule has 0 saturated heterocycles. The quantitative estimate of drug-likeness (QED) is 0.922. The highest BCUT2D eigenvalue weighted by atomic mass is 16.5. The first-order chi connectivity index (χ1) is 9.89. The van der Waals surface area contributed by atoms with Crippen LogP contribution in [0.5, 0.6) is 0 Å². The molecule has 1 aromatic rings. The summed E-state index contributed by atoms with van der Waals surface area (Å²) in [5.74, 6) is 1.29. The summed E-state index contributed by atoms with van der Waals surface area (Å²) in [5, 5.41) is 4.24. The molecule has 0 radical (unpaired) electrons. The van der Waals surface area contributed by atoms with Crippen LogP contribution in [0.4, 0.5) is 0 Å². The Balaban J connectivity index is 1.84. The van der Waals surface area contributed by atoms with Crippen molar-refractivity contribution in [3.05, 3.63) is 11.7 Å². The van der Waals surface area contributed by atoms with Crippen LogP contribution in [-0.2, 0) is 15.9 Å². The minimum atomic E-state index is -0.396. The smallest absolute Gasteiger partial charge is 0.246 e. The van der Waals surface area contributed by atoms with Gasteiger partial charge in [0.05, 0.1) is 5.54 Å². The van der Waals surface area contributed by atoms with Gasteiger partial charge in [-0.15, -0.1) is 0 Å². The molecule has 3 rings (SSSR count). The fourth-order valence-electron chi connectivity index (χ4n) is 3.42. The highest BCUT2D eigenvalue weighted by Crippen LogP contribution is 2.47. The second kappa shape index (κ2) is 5.06. The lowest BCUT2D eigenvalue weighted by Crippen LogP contribution is -2.44. The Morgan fingerprint density at radius 3 is 2.33 bits per heavy atom. The van der Waals surface area contributed by atoms with Crippen LogP contribution in [0.15, 0.2) is 4.52 Å². The Morgan fingerprint density at radius 1 is 1.14 bits per heavy atom. The number of ether oxygens (including phenoxy) is 1. The molecule has 118 valence electrons. The topological polar surface area (TPSA) is 74.2 Å². The van der Waals surface area contributed by atoms with Gasteiger partial charge in [-0.25, -0.2) is 0 Å². The molecule has 21 heavy (non-hydrogen) atoms. The van der Waals surface area contributed by atoms with E-state index in [0.29, 0.717) is 23.7 Å². The van der Waals surface area contributed by atoms with E-state index in [1.807, 2.05) is 6.92 Å². The Morgan fingerprint density at radius 2 is 1.81 bits per heavy atom. The molecule has 1 heterocycles. The Labute approximate surface area is 126 Å². The van der Waals surface area contributed by atoms with Gasteiger partial charge in [-0.05, 0) is 57.3 Å². The van der Waals surface area contributed by atoms with Crippen molar-refractivity contribution in [3.8, 4) is 0 Å². The molecule has 2 N–H and O–H groups in total. The molecular formula is C16H27N3O2. The zero-order valence-electron chi connectivity index (χ0n) is 13.4. The van der Waals surface area contributed by atoms with Crippen LogP contribution in [0.3, 0.4) is 0 Å². The van der Waals surface area contributed by atoms with E-state index in [2.05, 4.69) is 24.0 Å². The van der Waals surface area contributed by atoms with Gasteiger partial charge in [0.2, 0.25) is 11.7 Å². The molecule has 5 heteroatoms.